The first-order chi connectivity index (χ1) is 13.9. The van der Waals surface area contributed by atoms with Crippen LogP contribution in [0.4, 0.5) is 5.69 Å². The lowest BCUT2D eigenvalue weighted by Crippen LogP contribution is -1.94. The van der Waals surface area contributed by atoms with Gasteiger partial charge in [0.05, 0.1) is 16.0 Å². The molecule has 0 bridgehead atoms. The Balaban J connectivity index is 1.69. The molecule has 3 rings (SSSR count). The van der Waals surface area contributed by atoms with Crippen molar-refractivity contribution in [2.45, 2.75) is 23.3 Å². The van der Waals surface area contributed by atoms with Crippen molar-refractivity contribution in [2.24, 2.45) is 5.16 Å². The Kier molecular flexibility index (Phi) is 7.14. The fourth-order valence-corrected chi connectivity index (χ4v) is 3.78. The molecule has 0 unspecified atom stereocenters. The summed E-state index contributed by atoms with van der Waals surface area (Å²) in [6.07, 6.45) is 1.43. The predicted octanol–water partition coefficient (Wildman–Crippen LogP) is 6.91. The lowest BCUT2D eigenvalue weighted by atomic mass is 10.2. The van der Waals surface area contributed by atoms with Crippen LogP contribution in [0.3, 0.4) is 0 Å². The van der Waals surface area contributed by atoms with Crippen LogP contribution in [-0.2, 0) is 11.4 Å². The Morgan fingerprint density at radius 2 is 1.86 bits per heavy atom. The zero-order chi connectivity index (χ0) is 20.8. The number of oxime groups is 1. The van der Waals surface area contributed by atoms with Crippen molar-refractivity contribution in [1.82, 2.24) is 0 Å². The number of halogens is 2. The molecule has 0 aliphatic rings. The van der Waals surface area contributed by atoms with E-state index in [4.69, 9.17) is 28.0 Å². The largest absolute Gasteiger partial charge is 0.391 e. The molecule has 5 nitrogen and oxygen atoms in total. The van der Waals surface area contributed by atoms with Gasteiger partial charge < -0.3 is 4.84 Å². The highest BCUT2D eigenvalue weighted by Gasteiger charge is 2.15. The Labute approximate surface area is 182 Å². The third kappa shape index (κ3) is 5.97. The maximum atomic E-state index is 11.5. The molecule has 3 aromatic rings. The molecule has 8 heteroatoms. The second-order valence-electron chi connectivity index (χ2n) is 6.14. The van der Waals surface area contributed by atoms with Gasteiger partial charge in [-0.05, 0) is 37.3 Å². The minimum atomic E-state index is -0.401. The van der Waals surface area contributed by atoms with Crippen molar-refractivity contribution in [3.63, 3.8) is 0 Å². The lowest BCUT2D eigenvalue weighted by Gasteiger charge is -2.05. The molecule has 0 heterocycles. The van der Waals surface area contributed by atoms with Crippen LogP contribution in [-0.4, -0.2) is 11.1 Å². The Morgan fingerprint density at radius 3 is 2.55 bits per heavy atom. The van der Waals surface area contributed by atoms with E-state index < -0.39 is 4.92 Å². The molecule has 0 atom stereocenters. The first-order valence-electron chi connectivity index (χ1n) is 8.54. The van der Waals surface area contributed by atoms with Crippen LogP contribution in [0.15, 0.2) is 75.6 Å². The smallest absolute Gasteiger partial charge is 0.283 e. The van der Waals surface area contributed by atoms with Crippen LogP contribution in [0, 0.1) is 17.0 Å². The minimum Gasteiger partial charge on any atom is -0.391 e. The zero-order valence-electron chi connectivity index (χ0n) is 15.3. The van der Waals surface area contributed by atoms with Crippen LogP contribution < -0.4 is 0 Å². The highest BCUT2D eigenvalue weighted by molar-refractivity contribution is 7.99. The molecule has 148 valence electrons. The summed E-state index contributed by atoms with van der Waals surface area (Å²) >= 11 is 13.3. The van der Waals surface area contributed by atoms with Gasteiger partial charge in [0.15, 0.2) is 0 Å². The molecular weight excluding hydrogens is 431 g/mol. The van der Waals surface area contributed by atoms with Crippen molar-refractivity contribution in [3.8, 4) is 0 Å². The fraction of sp³-hybridized carbons (Fsp3) is 0.0952. The lowest BCUT2D eigenvalue weighted by molar-refractivity contribution is -0.387. The number of hydrogen-bond acceptors (Lipinski definition) is 5. The quantitative estimate of drug-likeness (QED) is 0.224. The Hall–Kier alpha value is -2.54. The van der Waals surface area contributed by atoms with Gasteiger partial charge in [0, 0.05) is 32.1 Å². The molecular formula is C21H16Cl2N2O3S. The van der Waals surface area contributed by atoms with Gasteiger partial charge in [0.1, 0.15) is 6.61 Å². The number of hydrogen-bond donors (Lipinski definition) is 0. The van der Waals surface area contributed by atoms with Gasteiger partial charge in [-0.2, -0.15) is 0 Å². The van der Waals surface area contributed by atoms with Gasteiger partial charge in [-0.15, -0.1) is 0 Å². The van der Waals surface area contributed by atoms with E-state index in [-0.39, 0.29) is 12.3 Å². The van der Waals surface area contributed by atoms with Gasteiger partial charge in [-0.1, -0.05) is 69.9 Å². The summed E-state index contributed by atoms with van der Waals surface area (Å²) in [5.74, 6) is 0. The molecule has 0 saturated carbocycles. The van der Waals surface area contributed by atoms with Crippen LogP contribution in [0.1, 0.15) is 16.7 Å². The monoisotopic (exact) mass is 446 g/mol. The van der Waals surface area contributed by atoms with E-state index in [2.05, 4.69) is 5.16 Å². The van der Waals surface area contributed by atoms with Gasteiger partial charge in [-0.3, -0.25) is 10.1 Å². The SMILES string of the molecule is Cc1ccc(Sc2ccc(/C=N\OCc3ccc(Cl)cc3Cl)cc2[N+](=O)[O-])cc1. The van der Waals surface area contributed by atoms with E-state index in [1.165, 1.54) is 24.0 Å². The molecule has 0 aliphatic heterocycles. The Morgan fingerprint density at radius 1 is 1.10 bits per heavy atom. The first kappa shape index (κ1) is 21.2. The van der Waals surface area contributed by atoms with Crippen molar-refractivity contribution in [2.75, 3.05) is 0 Å². The third-order valence-corrected chi connectivity index (χ3v) is 5.60. The molecule has 0 aromatic heterocycles. The highest BCUT2D eigenvalue weighted by atomic mass is 35.5. The molecule has 29 heavy (non-hydrogen) atoms. The van der Waals surface area contributed by atoms with E-state index in [0.29, 0.717) is 20.5 Å². The number of aryl methyl sites for hydroxylation is 1. The van der Waals surface area contributed by atoms with Crippen LogP contribution in [0.25, 0.3) is 0 Å². The summed E-state index contributed by atoms with van der Waals surface area (Å²) in [5, 5.41) is 16.4. The molecule has 0 amide bonds. The zero-order valence-corrected chi connectivity index (χ0v) is 17.7. The number of rotatable bonds is 7. The van der Waals surface area contributed by atoms with Gasteiger partial charge in [-0.25, -0.2) is 0 Å². The van der Waals surface area contributed by atoms with E-state index in [1.807, 2.05) is 31.2 Å². The molecule has 0 N–H and O–H groups in total. The summed E-state index contributed by atoms with van der Waals surface area (Å²) in [6, 6.07) is 17.8. The summed E-state index contributed by atoms with van der Waals surface area (Å²) < 4.78 is 0. The average molecular weight is 447 g/mol. The summed E-state index contributed by atoms with van der Waals surface area (Å²) in [7, 11) is 0. The van der Waals surface area contributed by atoms with E-state index in [9.17, 15) is 10.1 Å². The van der Waals surface area contributed by atoms with Crippen LogP contribution in [0.5, 0.6) is 0 Å². The fourth-order valence-electron chi connectivity index (χ4n) is 2.42. The highest BCUT2D eigenvalue weighted by Crippen LogP contribution is 2.35. The molecule has 0 saturated heterocycles. The van der Waals surface area contributed by atoms with E-state index in [0.717, 1.165) is 16.0 Å². The molecule has 0 fully saturated rings. The maximum absolute atomic E-state index is 11.5. The molecule has 3 aromatic carbocycles. The normalized spacial score (nSPS) is 11.0. The first-order valence-corrected chi connectivity index (χ1v) is 10.1. The van der Waals surface area contributed by atoms with Gasteiger partial charge in [0.2, 0.25) is 0 Å². The average Bonchev–Trinajstić information content (AvgIpc) is 2.69. The van der Waals surface area contributed by atoms with E-state index >= 15 is 0 Å². The number of benzene rings is 3. The minimum absolute atomic E-state index is 0.0141. The summed E-state index contributed by atoms with van der Waals surface area (Å²) in [6.45, 7) is 2.16. The van der Waals surface area contributed by atoms with Crippen LogP contribution >= 0.6 is 35.0 Å². The van der Waals surface area contributed by atoms with E-state index in [1.54, 1.807) is 30.3 Å². The molecule has 0 radical (unpaired) electrons. The maximum Gasteiger partial charge on any atom is 0.283 e. The second-order valence-corrected chi connectivity index (χ2v) is 8.10. The van der Waals surface area contributed by atoms with Crippen molar-refractivity contribution in [3.05, 3.63) is 97.5 Å². The summed E-state index contributed by atoms with van der Waals surface area (Å²) in [4.78, 5) is 17.8. The predicted molar refractivity (Wildman–Crippen MR) is 117 cm³/mol. The van der Waals surface area contributed by atoms with Crippen LogP contribution in [0.2, 0.25) is 10.0 Å². The number of nitrogens with zero attached hydrogens (tertiary/aromatic N) is 2. The van der Waals surface area contributed by atoms with Crippen molar-refractivity contribution in [1.29, 1.82) is 0 Å². The second kappa shape index (κ2) is 9.78. The Bertz CT molecular complexity index is 1060. The third-order valence-electron chi connectivity index (χ3n) is 3.94. The van der Waals surface area contributed by atoms with Gasteiger partial charge in [0.25, 0.3) is 5.69 Å². The standard InChI is InChI=1S/C21H16Cl2N2O3S/c1-14-2-7-18(8-3-14)29-21-9-4-15(10-20(21)25(26)27)12-24-28-13-16-5-6-17(22)11-19(16)23/h2-12H,13H2,1H3/b24-12-. The molecule has 0 aliphatic carbocycles. The molecule has 0 spiro atoms. The number of nitro benzene ring substituents is 1. The van der Waals surface area contributed by atoms with Crippen molar-refractivity contribution >= 4 is 46.9 Å². The number of nitro groups is 1. The van der Waals surface area contributed by atoms with Crippen molar-refractivity contribution < 1.29 is 9.76 Å². The summed E-state index contributed by atoms with van der Waals surface area (Å²) in [5.41, 5.74) is 2.45. The van der Waals surface area contributed by atoms with Gasteiger partial charge >= 0.3 is 0 Å². The topological polar surface area (TPSA) is 64.7 Å².